The Morgan fingerprint density at radius 3 is 2.72 bits per heavy atom. The summed E-state index contributed by atoms with van der Waals surface area (Å²) in [6.07, 6.45) is 5.64. The summed E-state index contributed by atoms with van der Waals surface area (Å²) in [5.74, 6) is -1.88. The number of carbonyl (C=O) groups is 3. The molecule has 3 aliphatic heterocycles. The van der Waals surface area contributed by atoms with E-state index < -0.39 is 17.9 Å². The second kappa shape index (κ2) is 6.49. The molecule has 0 bridgehead atoms. The summed E-state index contributed by atoms with van der Waals surface area (Å²) in [6.45, 7) is 1.99. The number of pyridine rings is 1. The number of ether oxygens (including phenoxy) is 1. The van der Waals surface area contributed by atoms with Crippen molar-refractivity contribution in [3.05, 3.63) is 42.1 Å². The molecular formula is C22H21N3O4. The second-order valence-corrected chi connectivity index (χ2v) is 7.76. The first-order valence-corrected chi connectivity index (χ1v) is 9.73. The van der Waals surface area contributed by atoms with Crippen molar-refractivity contribution >= 4 is 40.3 Å². The van der Waals surface area contributed by atoms with Crippen LogP contribution in [0.15, 0.2) is 36.5 Å². The zero-order chi connectivity index (χ0) is 20.3. The Morgan fingerprint density at radius 2 is 1.97 bits per heavy atom. The predicted molar refractivity (Wildman–Crippen MR) is 107 cm³/mol. The highest BCUT2D eigenvalue weighted by molar-refractivity contribution is 6.12. The number of hydrogen-bond donors (Lipinski definition) is 0. The third-order valence-electron chi connectivity index (χ3n) is 6.26. The molecule has 0 saturated carbocycles. The minimum Gasteiger partial charge on any atom is -0.383 e. The van der Waals surface area contributed by atoms with Crippen LogP contribution in [0.2, 0.25) is 0 Å². The van der Waals surface area contributed by atoms with Crippen LogP contribution in [0.1, 0.15) is 12.5 Å². The van der Waals surface area contributed by atoms with Gasteiger partial charge < -0.3 is 9.64 Å². The highest BCUT2D eigenvalue weighted by Gasteiger charge is 2.63. The molecule has 2 amide bonds. The molecule has 4 heterocycles. The van der Waals surface area contributed by atoms with Crippen molar-refractivity contribution in [2.45, 2.75) is 19.0 Å². The lowest BCUT2D eigenvalue weighted by atomic mass is 9.88. The zero-order valence-electron chi connectivity index (χ0n) is 16.2. The predicted octanol–water partition coefficient (Wildman–Crippen LogP) is 1.66. The molecule has 1 aromatic heterocycles. The van der Waals surface area contributed by atoms with Crippen molar-refractivity contribution in [3.8, 4) is 0 Å². The number of imide groups is 1. The number of rotatable bonds is 4. The maximum atomic E-state index is 13.2. The molecule has 0 aliphatic carbocycles. The minimum absolute atomic E-state index is 0.119. The molecule has 1 aromatic carbocycles. The molecular weight excluding hydrogens is 370 g/mol. The van der Waals surface area contributed by atoms with Gasteiger partial charge in [-0.1, -0.05) is 30.4 Å². The molecule has 3 aliphatic rings. The number of ketones is 1. The van der Waals surface area contributed by atoms with E-state index in [0.717, 1.165) is 22.2 Å². The lowest BCUT2D eigenvalue weighted by Gasteiger charge is -2.36. The van der Waals surface area contributed by atoms with E-state index in [0.29, 0.717) is 0 Å². The van der Waals surface area contributed by atoms with Crippen molar-refractivity contribution in [2.24, 2.45) is 11.8 Å². The normalized spacial score (nSPS) is 27.4. The fourth-order valence-electron chi connectivity index (χ4n) is 5.10. The summed E-state index contributed by atoms with van der Waals surface area (Å²) < 4.78 is 5.05. The molecule has 7 nitrogen and oxygen atoms in total. The van der Waals surface area contributed by atoms with Gasteiger partial charge in [0.1, 0.15) is 6.04 Å². The van der Waals surface area contributed by atoms with E-state index in [-0.39, 0.29) is 36.8 Å². The number of anilines is 1. The van der Waals surface area contributed by atoms with Crippen molar-refractivity contribution in [1.29, 1.82) is 0 Å². The highest BCUT2D eigenvalue weighted by Crippen LogP contribution is 2.49. The van der Waals surface area contributed by atoms with Crippen LogP contribution < -0.4 is 4.90 Å². The summed E-state index contributed by atoms with van der Waals surface area (Å²) in [6, 6.07) is 6.79. The Morgan fingerprint density at radius 1 is 1.17 bits per heavy atom. The number of benzene rings is 1. The number of hydrogen-bond acceptors (Lipinski definition) is 6. The number of fused-ring (bicyclic) bond motifs is 7. The van der Waals surface area contributed by atoms with E-state index in [1.807, 2.05) is 41.3 Å². The molecule has 2 aromatic rings. The number of aromatic nitrogens is 1. The standard InChI is InChI=1S/C22H21N3O4/c1-12(26)19-17-16(21(27)24(22(17)28)10-11-29-2)15-8-7-14-6-5-13-4-3-9-23-18(13)20(14)25(15)19/h3-9,15-17,19H,10-11H2,1-2H3/t15-,16-,17+,19+/m1/s1. The van der Waals surface area contributed by atoms with Crippen LogP contribution in [0.3, 0.4) is 0 Å². The summed E-state index contributed by atoms with van der Waals surface area (Å²) >= 11 is 0. The summed E-state index contributed by atoms with van der Waals surface area (Å²) in [5.41, 5.74) is 2.55. The average Bonchev–Trinajstić information content (AvgIpc) is 3.19. The Kier molecular flexibility index (Phi) is 4.03. The molecule has 7 heteroatoms. The minimum atomic E-state index is -0.690. The molecule has 0 unspecified atom stereocenters. The largest absolute Gasteiger partial charge is 0.383 e. The number of amides is 2. The molecule has 0 spiro atoms. The number of carbonyl (C=O) groups excluding carboxylic acids is 3. The SMILES string of the molecule is COCCN1C(=O)[C@H]2[C@H](C1=O)[C@H](C(C)=O)N1c3c(ccc4cccnc34)C=C[C@H]21. The van der Waals surface area contributed by atoms with Crippen molar-refractivity contribution < 1.29 is 19.1 Å². The third kappa shape index (κ3) is 2.40. The summed E-state index contributed by atoms with van der Waals surface area (Å²) in [7, 11) is 1.53. The quantitative estimate of drug-likeness (QED) is 0.738. The first-order valence-electron chi connectivity index (χ1n) is 9.73. The van der Waals surface area contributed by atoms with Crippen LogP contribution >= 0.6 is 0 Å². The maximum Gasteiger partial charge on any atom is 0.235 e. The Bertz CT molecular complexity index is 1080. The topological polar surface area (TPSA) is 79.8 Å². The van der Waals surface area contributed by atoms with Crippen molar-refractivity contribution in [2.75, 3.05) is 25.2 Å². The van der Waals surface area contributed by atoms with E-state index in [2.05, 4.69) is 4.98 Å². The maximum absolute atomic E-state index is 13.2. The molecule has 4 atom stereocenters. The van der Waals surface area contributed by atoms with Crippen LogP contribution in [-0.2, 0) is 19.1 Å². The second-order valence-electron chi connectivity index (χ2n) is 7.76. The number of nitrogens with zero attached hydrogens (tertiary/aromatic N) is 3. The smallest absolute Gasteiger partial charge is 0.235 e. The lowest BCUT2D eigenvalue weighted by Crippen LogP contribution is -2.48. The summed E-state index contributed by atoms with van der Waals surface area (Å²) in [5, 5.41) is 0.957. The third-order valence-corrected chi connectivity index (χ3v) is 6.26. The van der Waals surface area contributed by atoms with Gasteiger partial charge in [0, 0.05) is 18.7 Å². The van der Waals surface area contributed by atoms with Crippen LogP contribution in [-0.4, -0.2) is 59.8 Å². The fourth-order valence-corrected chi connectivity index (χ4v) is 5.10. The van der Waals surface area contributed by atoms with Gasteiger partial charge >= 0.3 is 0 Å². The Hall–Kier alpha value is -3.06. The molecule has 0 radical (unpaired) electrons. The van der Waals surface area contributed by atoms with E-state index in [1.165, 1.54) is 18.9 Å². The van der Waals surface area contributed by atoms with Crippen LogP contribution in [0.4, 0.5) is 5.69 Å². The van der Waals surface area contributed by atoms with Crippen LogP contribution in [0.25, 0.3) is 17.0 Å². The number of Topliss-reactive ketones (excluding diaryl/α,β-unsaturated/α-hetero) is 1. The number of methoxy groups -OCH3 is 1. The van der Waals surface area contributed by atoms with Gasteiger partial charge in [0.05, 0.1) is 42.2 Å². The first-order chi connectivity index (χ1) is 14.0. The highest BCUT2D eigenvalue weighted by atomic mass is 16.5. The summed E-state index contributed by atoms with van der Waals surface area (Å²) in [4.78, 5) is 46.9. The van der Waals surface area contributed by atoms with Crippen LogP contribution in [0.5, 0.6) is 0 Å². The van der Waals surface area contributed by atoms with Gasteiger partial charge in [-0.15, -0.1) is 0 Å². The van der Waals surface area contributed by atoms with E-state index in [9.17, 15) is 14.4 Å². The van der Waals surface area contributed by atoms with Gasteiger partial charge in [0.2, 0.25) is 11.8 Å². The van der Waals surface area contributed by atoms with Gasteiger partial charge in [0.25, 0.3) is 0 Å². The van der Waals surface area contributed by atoms with Gasteiger partial charge in [-0.2, -0.15) is 0 Å². The molecule has 2 fully saturated rings. The average molecular weight is 391 g/mol. The molecule has 2 saturated heterocycles. The van der Waals surface area contributed by atoms with E-state index in [4.69, 9.17) is 4.74 Å². The van der Waals surface area contributed by atoms with Crippen molar-refractivity contribution in [1.82, 2.24) is 9.88 Å². The fraction of sp³-hybridized carbons (Fsp3) is 0.364. The van der Waals surface area contributed by atoms with Gasteiger partial charge in [-0.3, -0.25) is 24.3 Å². The van der Waals surface area contributed by atoms with E-state index in [1.54, 1.807) is 6.20 Å². The first kappa shape index (κ1) is 18.0. The van der Waals surface area contributed by atoms with Gasteiger partial charge in [-0.05, 0) is 18.6 Å². The lowest BCUT2D eigenvalue weighted by molar-refractivity contribution is -0.141. The Labute approximate surface area is 167 Å². The van der Waals surface area contributed by atoms with Crippen molar-refractivity contribution in [3.63, 3.8) is 0 Å². The Balaban J connectivity index is 1.67. The van der Waals surface area contributed by atoms with Gasteiger partial charge in [0.15, 0.2) is 5.78 Å². The monoisotopic (exact) mass is 391 g/mol. The van der Waals surface area contributed by atoms with Crippen LogP contribution in [0, 0.1) is 11.8 Å². The van der Waals surface area contributed by atoms with Gasteiger partial charge in [-0.25, -0.2) is 0 Å². The molecule has 148 valence electrons. The molecule has 5 rings (SSSR count). The zero-order valence-corrected chi connectivity index (χ0v) is 16.2. The molecule has 29 heavy (non-hydrogen) atoms. The number of likely N-dealkylation sites (tertiary alicyclic amines) is 1. The molecule has 0 N–H and O–H groups in total. The van der Waals surface area contributed by atoms with E-state index >= 15 is 0 Å².